The molecule has 0 saturated carbocycles. The first-order chi connectivity index (χ1) is 12.1. The summed E-state index contributed by atoms with van der Waals surface area (Å²) in [4.78, 5) is 17.2. The molecular formula is C19H19FN4O. The van der Waals surface area contributed by atoms with Crippen molar-refractivity contribution in [3.8, 4) is 0 Å². The molecule has 2 aromatic carbocycles. The van der Waals surface area contributed by atoms with Crippen LogP contribution in [-0.4, -0.2) is 36.6 Å². The Morgan fingerprint density at radius 1 is 1.28 bits per heavy atom. The molecule has 2 atom stereocenters. The van der Waals surface area contributed by atoms with Crippen LogP contribution in [0.2, 0.25) is 0 Å². The van der Waals surface area contributed by atoms with E-state index >= 15 is 4.39 Å². The molecule has 0 unspecified atom stereocenters. The summed E-state index contributed by atoms with van der Waals surface area (Å²) < 4.78 is 15.1. The van der Waals surface area contributed by atoms with Gasteiger partial charge >= 0.3 is 0 Å². The standard InChI is InChI=1S/C19H19FN4O/c20-13-7-12(19(21)25)17-16(11-3-1-2-4-14(11)23-17)18(13)24-8-10-5-6-22-15(10)9-24/h1-4,7,10,15,22-23H,5-6,8-9H2,(H2,21,25)/t10-,15+/m1/s1. The maximum atomic E-state index is 15.1. The number of anilines is 1. The lowest BCUT2D eigenvalue weighted by atomic mass is 10.0. The third kappa shape index (κ3) is 2.07. The topological polar surface area (TPSA) is 74.2 Å². The summed E-state index contributed by atoms with van der Waals surface area (Å²) >= 11 is 0. The number of aromatic nitrogens is 1. The van der Waals surface area contributed by atoms with Crippen LogP contribution in [0.1, 0.15) is 16.8 Å². The quantitative estimate of drug-likeness (QED) is 0.671. The molecule has 5 rings (SSSR count). The molecule has 0 spiro atoms. The van der Waals surface area contributed by atoms with Crippen molar-refractivity contribution < 1.29 is 9.18 Å². The van der Waals surface area contributed by atoms with Crippen molar-refractivity contribution in [3.05, 3.63) is 41.7 Å². The predicted molar refractivity (Wildman–Crippen MR) is 96.4 cm³/mol. The van der Waals surface area contributed by atoms with Crippen LogP contribution in [0.3, 0.4) is 0 Å². The molecule has 25 heavy (non-hydrogen) atoms. The maximum Gasteiger partial charge on any atom is 0.250 e. The molecule has 2 aliphatic heterocycles. The van der Waals surface area contributed by atoms with E-state index < -0.39 is 5.91 Å². The molecule has 2 aliphatic rings. The van der Waals surface area contributed by atoms with Gasteiger partial charge in [0.15, 0.2) is 0 Å². The Hall–Kier alpha value is -2.60. The highest BCUT2D eigenvalue weighted by Crippen LogP contribution is 2.40. The first kappa shape index (κ1) is 14.7. The van der Waals surface area contributed by atoms with Crippen molar-refractivity contribution in [3.63, 3.8) is 0 Å². The second-order valence-corrected chi connectivity index (χ2v) is 7.05. The van der Waals surface area contributed by atoms with Gasteiger partial charge < -0.3 is 20.9 Å². The summed E-state index contributed by atoms with van der Waals surface area (Å²) in [5, 5.41) is 5.17. The average molecular weight is 338 g/mol. The minimum absolute atomic E-state index is 0.199. The van der Waals surface area contributed by atoms with Crippen molar-refractivity contribution in [2.45, 2.75) is 12.5 Å². The summed E-state index contributed by atoms with van der Waals surface area (Å²) in [6, 6.07) is 9.42. The number of nitrogens with zero attached hydrogens (tertiary/aromatic N) is 1. The molecule has 1 aromatic heterocycles. The number of H-pyrrole nitrogens is 1. The number of para-hydroxylation sites is 1. The lowest BCUT2D eigenvalue weighted by Gasteiger charge is -2.22. The van der Waals surface area contributed by atoms with E-state index in [0.717, 1.165) is 42.3 Å². The molecule has 0 radical (unpaired) electrons. The lowest BCUT2D eigenvalue weighted by Crippen LogP contribution is -2.30. The van der Waals surface area contributed by atoms with Crippen LogP contribution >= 0.6 is 0 Å². The van der Waals surface area contributed by atoms with E-state index in [1.165, 1.54) is 6.07 Å². The van der Waals surface area contributed by atoms with E-state index in [2.05, 4.69) is 15.2 Å². The zero-order valence-corrected chi connectivity index (χ0v) is 13.7. The third-order valence-corrected chi connectivity index (χ3v) is 5.65. The monoisotopic (exact) mass is 338 g/mol. The Morgan fingerprint density at radius 3 is 2.92 bits per heavy atom. The van der Waals surface area contributed by atoms with Crippen LogP contribution in [-0.2, 0) is 0 Å². The molecule has 3 heterocycles. The normalized spacial score (nSPS) is 22.8. The zero-order valence-electron chi connectivity index (χ0n) is 13.7. The fourth-order valence-electron chi connectivity index (χ4n) is 4.51. The number of primary amides is 1. The Balaban J connectivity index is 1.79. The van der Waals surface area contributed by atoms with Crippen LogP contribution in [0.4, 0.5) is 10.1 Å². The molecule has 3 aromatic rings. The van der Waals surface area contributed by atoms with Gasteiger partial charge in [-0.15, -0.1) is 0 Å². The fraction of sp³-hybridized carbons (Fsp3) is 0.316. The molecular weight excluding hydrogens is 319 g/mol. The van der Waals surface area contributed by atoms with Crippen molar-refractivity contribution in [2.75, 3.05) is 24.5 Å². The summed E-state index contributed by atoms with van der Waals surface area (Å²) in [7, 11) is 0. The highest BCUT2D eigenvalue weighted by molar-refractivity contribution is 6.19. The van der Waals surface area contributed by atoms with Gasteiger partial charge in [-0.05, 0) is 31.0 Å². The molecule has 2 fully saturated rings. The van der Waals surface area contributed by atoms with E-state index in [4.69, 9.17) is 5.73 Å². The number of hydrogen-bond donors (Lipinski definition) is 3. The molecule has 4 N–H and O–H groups in total. The minimum Gasteiger partial charge on any atom is -0.367 e. The van der Waals surface area contributed by atoms with Gasteiger partial charge in [-0.3, -0.25) is 4.79 Å². The zero-order chi connectivity index (χ0) is 17.1. The van der Waals surface area contributed by atoms with Crippen molar-refractivity contribution >= 4 is 33.4 Å². The number of amides is 1. The van der Waals surface area contributed by atoms with Gasteiger partial charge in [0, 0.05) is 35.4 Å². The molecule has 0 bridgehead atoms. The average Bonchev–Trinajstić information content (AvgIpc) is 3.26. The molecule has 1 amide bonds. The second-order valence-electron chi connectivity index (χ2n) is 7.05. The molecule has 2 saturated heterocycles. The van der Waals surface area contributed by atoms with Crippen molar-refractivity contribution in [1.29, 1.82) is 0 Å². The molecule has 6 heteroatoms. The first-order valence-corrected chi connectivity index (χ1v) is 8.64. The summed E-state index contributed by atoms with van der Waals surface area (Å²) in [6.45, 7) is 2.65. The number of hydrogen-bond acceptors (Lipinski definition) is 3. The van der Waals surface area contributed by atoms with Crippen LogP contribution in [0.15, 0.2) is 30.3 Å². The van der Waals surface area contributed by atoms with Gasteiger partial charge in [0.25, 0.3) is 5.91 Å². The minimum atomic E-state index is -0.623. The summed E-state index contributed by atoms with van der Waals surface area (Å²) in [5.74, 6) is -0.455. The number of benzene rings is 2. The smallest absolute Gasteiger partial charge is 0.250 e. The number of halogens is 1. The number of nitrogens with one attached hydrogen (secondary N) is 2. The molecule has 128 valence electrons. The number of carbonyl (C=O) groups is 1. The van der Waals surface area contributed by atoms with Crippen LogP contribution in [0, 0.1) is 11.7 Å². The molecule has 0 aliphatic carbocycles. The second kappa shape index (κ2) is 5.20. The van der Waals surface area contributed by atoms with Crippen molar-refractivity contribution in [2.24, 2.45) is 11.7 Å². The van der Waals surface area contributed by atoms with E-state index in [9.17, 15) is 4.79 Å². The van der Waals surface area contributed by atoms with Gasteiger partial charge in [0.05, 0.1) is 16.8 Å². The number of aromatic amines is 1. The Kier molecular flexibility index (Phi) is 3.06. The van der Waals surface area contributed by atoms with E-state index in [0.29, 0.717) is 23.2 Å². The maximum absolute atomic E-state index is 15.1. The Morgan fingerprint density at radius 2 is 2.12 bits per heavy atom. The van der Waals surface area contributed by atoms with Gasteiger partial charge in [-0.1, -0.05) is 18.2 Å². The third-order valence-electron chi connectivity index (χ3n) is 5.65. The Bertz CT molecular complexity index is 999. The molecule has 5 nitrogen and oxygen atoms in total. The van der Waals surface area contributed by atoms with Crippen molar-refractivity contribution in [1.82, 2.24) is 10.3 Å². The van der Waals surface area contributed by atoms with Crippen LogP contribution in [0.5, 0.6) is 0 Å². The number of carbonyl (C=O) groups excluding carboxylic acids is 1. The summed E-state index contributed by atoms with van der Waals surface area (Å²) in [6.07, 6.45) is 1.12. The lowest BCUT2D eigenvalue weighted by molar-refractivity contribution is 0.100. The SMILES string of the molecule is NC(=O)c1cc(F)c(N2C[C@H]3CCN[C@H]3C2)c2c1[nH]c1ccccc12. The largest absolute Gasteiger partial charge is 0.367 e. The van der Waals surface area contributed by atoms with Gasteiger partial charge in [0.1, 0.15) is 5.82 Å². The van der Waals surface area contributed by atoms with Crippen LogP contribution in [0.25, 0.3) is 21.8 Å². The van der Waals surface area contributed by atoms with Gasteiger partial charge in [-0.2, -0.15) is 0 Å². The highest BCUT2D eigenvalue weighted by atomic mass is 19.1. The predicted octanol–water partition coefficient (Wildman–Crippen LogP) is 2.36. The fourth-order valence-corrected chi connectivity index (χ4v) is 4.51. The number of fused-ring (bicyclic) bond motifs is 4. The highest BCUT2D eigenvalue weighted by Gasteiger charge is 2.38. The first-order valence-electron chi connectivity index (χ1n) is 8.64. The number of rotatable bonds is 2. The Labute approximate surface area is 144 Å². The summed E-state index contributed by atoms with van der Waals surface area (Å²) in [5.41, 5.74) is 7.78. The van der Waals surface area contributed by atoms with E-state index in [-0.39, 0.29) is 11.4 Å². The van der Waals surface area contributed by atoms with Gasteiger partial charge in [-0.25, -0.2) is 4.39 Å². The van der Waals surface area contributed by atoms with Gasteiger partial charge in [0.2, 0.25) is 0 Å². The van der Waals surface area contributed by atoms with E-state index in [1.807, 2.05) is 24.3 Å². The number of nitrogens with two attached hydrogens (primary N) is 1. The van der Waals surface area contributed by atoms with Crippen LogP contribution < -0.4 is 16.0 Å². The van der Waals surface area contributed by atoms with E-state index in [1.54, 1.807) is 0 Å².